The van der Waals surface area contributed by atoms with Gasteiger partial charge in [0.1, 0.15) is 5.76 Å². The van der Waals surface area contributed by atoms with E-state index in [0.29, 0.717) is 25.5 Å². The van der Waals surface area contributed by atoms with Crippen LogP contribution in [0.1, 0.15) is 25.0 Å². The monoisotopic (exact) mass is 344 g/mol. The molecule has 4 rings (SSSR count). The molecular formula is C19H22NO5-. The summed E-state index contributed by atoms with van der Waals surface area (Å²) in [6, 6.07) is 3.61. The summed E-state index contributed by atoms with van der Waals surface area (Å²) >= 11 is 0. The van der Waals surface area contributed by atoms with Gasteiger partial charge in [-0.15, -0.1) is 0 Å². The Kier molecular flexibility index (Phi) is 4.37. The lowest BCUT2D eigenvalue weighted by molar-refractivity contribution is -0.313. The van der Waals surface area contributed by atoms with Crippen molar-refractivity contribution in [3.8, 4) is 0 Å². The summed E-state index contributed by atoms with van der Waals surface area (Å²) < 4.78 is 11.1. The number of carbonyl (C=O) groups is 2. The molecule has 1 amide bonds. The molecule has 0 aromatic carbocycles. The van der Waals surface area contributed by atoms with Gasteiger partial charge in [0.05, 0.1) is 24.8 Å². The van der Waals surface area contributed by atoms with Crippen LogP contribution < -0.4 is 5.11 Å². The summed E-state index contributed by atoms with van der Waals surface area (Å²) in [4.78, 5) is 26.6. The third-order valence-electron chi connectivity index (χ3n) is 5.70. The third-order valence-corrected chi connectivity index (χ3v) is 5.70. The molecule has 6 nitrogen and oxygen atoms in total. The number of fused-ring (bicyclic) bond motifs is 2. The Morgan fingerprint density at radius 3 is 2.68 bits per heavy atom. The number of hydrogen-bond donors (Lipinski definition) is 0. The highest BCUT2D eigenvalue weighted by Crippen LogP contribution is 2.48. The molecule has 134 valence electrons. The van der Waals surface area contributed by atoms with Crippen molar-refractivity contribution >= 4 is 11.9 Å². The largest absolute Gasteiger partial charge is 0.550 e. The number of aliphatic carboxylic acids is 1. The molecule has 0 N–H and O–H groups in total. The zero-order chi connectivity index (χ0) is 17.4. The Morgan fingerprint density at radius 2 is 2.04 bits per heavy atom. The van der Waals surface area contributed by atoms with Crippen LogP contribution in [0.3, 0.4) is 0 Å². The number of nitrogens with zero attached hydrogens (tertiary/aromatic N) is 1. The predicted octanol–water partition coefficient (Wildman–Crippen LogP) is 0.975. The van der Waals surface area contributed by atoms with Gasteiger partial charge in [0.15, 0.2) is 0 Å². The van der Waals surface area contributed by atoms with E-state index >= 15 is 0 Å². The van der Waals surface area contributed by atoms with Crippen LogP contribution in [-0.2, 0) is 20.9 Å². The van der Waals surface area contributed by atoms with E-state index < -0.39 is 17.8 Å². The minimum atomic E-state index is -1.12. The molecule has 2 bridgehead atoms. The van der Waals surface area contributed by atoms with Gasteiger partial charge in [0.25, 0.3) is 0 Å². The molecular weight excluding hydrogens is 322 g/mol. The molecule has 25 heavy (non-hydrogen) atoms. The number of allylic oxidation sites excluding steroid dienone is 2. The van der Waals surface area contributed by atoms with Gasteiger partial charge >= 0.3 is 0 Å². The Morgan fingerprint density at radius 1 is 1.24 bits per heavy atom. The maximum atomic E-state index is 13.3. The highest BCUT2D eigenvalue weighted by atomic mass is 16.5. The maximum absolute atomic E-state index is 13.3. The second-order valence-corrected chi connectivity index (χ2v) is 7.25. The van der Waals surface area contributed by atoms with Crippen LogP contribution >= 0.6 is 0 Å². The molecule has 1 saturated carbocycles. The Hall–Kier alpha value is -2.08. The average molecular weight is 344 g/mol. The van der Waals surface area contributed by atoms with E-state index in [1.807, 2.05) is 18.2 Å². The molecule has 6 heteroatoms. The van der Waals surface area contributed by atoms with E-state index in [9.17, 15) is 14.7 Å². The van der Waals surface area contributed by atoms with Crippen molar-refractivity contribution in [1.29, 1.82) is 0 Å². The highest BCUT2D eigenvalue weighted by Gasteiger charge is 2.50. The summed E-state index contributed by atoms with van der Waals surface area (Å²) in [7, 11) is 0. The topological polar surface area (TPSA) is 82.8 Å². The van der Waals surface area contributed by atoms with Gasteiger partial charge < -0.3 is 24.0 Å². The lowest BCUT2D eigenvalue weighted by atomic mass is 9.82. The molecule has 3 aliphatic rings. The Bertz CT molecular complexity index is 661. The maximum Gasteiger partial charge on any atom is 0.227 e. The highest BCUT2D eigenvalue weighted by molar-refractivity contribution is 5.86. The molecule has 0 unspecified atom stereocenters. The first-order valence-electron chi connectivity index (χ1n) is 8.95. The van der Waals surface area contributed by atoms with Gasteiger partial charge in [-0.2, -0.15) is 0 Å². The van der Waals surface area contributed by atoms with Gasteiger partial charge in [0.2, 0.25) is 5.91 Å². The summed E-state index contributed by atoms with van der Waals surface area (Å²) in [5, 5.41) is 11.6. The van der Waals surface area contributed by atoms with E-state index in [0.717, 1.165) is 19.3 Å². The number of hydrogen-bond acceptors (Lipinski definition) is 5. The van der Waals surface area contributed by atoms with Crippen molar-refractivity contribution in [2.75, 3.05) is 13.2 Å². The molecule has 2 heterocycles. The summed E-state index contributed by atoms with van der Waals surface area (Å²) in [5.41, 5.74) is 0. The van der Waals surface area contributed by atoms with Gasteiger partial charge in [-0.1, -0.05) is 12.2 Å². The van der Waals surface area contributed by atoms with Gasteiger partial charge in [-0.25, -0.2) is 0 Å². The number of rotatable bonds is 6. The first-order valence-corrected chi connectivity index (χ1v) is 8.95. The van der Waals surface area contributed by atoms with Crippen LogP contribution in [0.15, 0.2) is 35.0 Å². The van der Waals surface area contributed by atoms with E-state index in [2.05, 4.69) is 0 Å². The molecule has 1 aromatic heterocycles. The first-order chi connectivity index (χ1) is 12.1. The number of carboxylic acids is 1. The number of carboxylic acid groups (broad SMARTS) is 1. The number of amides is 1. The van der Waals surface area contributed by atoms with E-state index in [1.165, 1.54) is 0 Å². The lowest BCUT2D eigenvalue weighted by Gasteiger charge is -2.33. The van der Waals surface area contributed by atoms with Crippen molar-refractivity contribution in [2.45, 2.75) is 31.9 Å². The van der Waals surface area contributed by atoms with Crippen LogP contribution in [0.4, 0.5) is 0 Å². The first kappa shape index (κ1) is 16.4. The summed E-state index contributed by atoms with van der Waals surface area (Å²) in [6.45, 7) is 1.52. The predicted molar refractivity (Wildman–Crippen MR) is 85.8 cm³/mol. The fraction of sp³-hybridized carbons (Fsp3) is 0.579. The molecule has 1 aliphatic heterocycles. The van der Waals surface area contributed by atoms with E-state index in [4.69, 9.17) is 9.15 Å². The zero-order valence-electron chi connectivity index (χ0n) is 14.0. The molecule has 0 spiro atoms. The van der Waals surface area contributed by atoms with Gasteiger partial charge in [-0.05, 0) is 43.2 Å². The van der Waals surface area contributed by atoms with Crippen LogP contribution in [0, 0.1) is 23.7 Å². The van der Waals surface area contributed by atoms with Crippen LogP contribution in [0.2, 0.25) is 0 Å². The van der Waals surface area contributed by atoms with E-state index in [-0.39, 0.29) is 23.8 Å². The minimum absolute atomic E-state index is 0.00875. The standard InChI is InChI=1S/C19H23NO5/c21-18(16-12-5-6-13(9-12)17(16)19(22)23)20(10-14-3-1-7-24-14)11-15-4-2-8-25-15/h1,3,5-7,12-13,15-17H,2,4,8-11H2,(H,22,23)/p-1/t12-,13+,15+,16+,17-/m1/s1. The SMILES string of the molecule is O=C([O-])[C@H]1[C@@H](C(=O)N(Cc2ccco2)C[C@@H]2CCCO2)[C@@H]2C=C[C@H]1C2. The molecule has 1 aromatic rings. The van der Waals surface area contributed by atoms with Crippen LogP contribution in [-0.4, -0.2) is 36.0 Å². The lowest BCUT2D eigenvalue weighted by Crippen LogP contribution is -2.47. The van der Waals surface area contributed by atoms with Crippen molar-refractivity contribution in [3.63, 3.8) is 0 Å². The Balaban J connectivity index is 1.55. The zero-order valence-corrected chi connectivity index (χ0v) is 14.0. The molecule has 2 aliphatic carbocycles. The van der Waals surface area contributed by atoms with Crippen molar-refractivity contribution < 1.29 is 23.8 Å². The van der Waals surface area contributed by atoms with Gasteiger partial charge in [0, 0.05) is 25.0 Å². The minimum Gasteiger partial charge on any atom is -0.550 e. The van der Waals surface area contributed by atoms with Crippen LogP contribution in [0.5, 0.6) is 0 Å². The van der Waals surface area contributed by atoms with Crippen molar-refractivity contribution in [3.05, 3.63) is 36.3 Å². The van der Waals surface area contributed by atoms with Crippen molar-refractivity contribution in [2.24, 2.45) is 23.7 Å². The quantitative estimate of drug-likeness (QED) is 0.718. The average Bonchev–Trinajstić information content (AvgIpc) is 3.36. The number of furan rings is 1. The smallest absolute Gasteiger partial charge is 0.227 e. The number of ether oxygens (including phenoxy) is 1. The Labute approximate surface area is 146 Å². The molecule has 0 radical (unpaired) electrons. The second-order valence-electron chi connectivity index (χ2n) is 7.25. The summed E-state index contributed by atoms with van der Waals surface area (Å²) in [6.07, 6.45) is 8.14. The molecule has 1 saturated heterocycles. The van der Waals surface area contributed by atoms with Crippen molar-refractivity contribution in [1.82, 2.24) is 4.90 Å². The fourth-order valence-electron chi connectivity index (χ4n) is 4.55. The third kappa shape index (κ3) is 3.11. The summed E-state index contributed by atoms with van der Waals surface area (Å²) in [5.74, 6) is -1.93. The fourth-order valence-corrected chi connectivity index (χ4v) is 4.55. The normalized spacial score (nSPS) is 33.0. The molecule has 5 atom stereocenters. The van der Waals surface area contributed by atoms with Gasteiger partial charge in [-0.3, -0.25) is 4.79 Å². The number of carbonyl (C=O) groups excluding carboxylic acids is 2. The van der Waals surface area contributed by atoms with Crippen LogP contribution in [0.25, 0.3) is 0 Å². The second kappa shape index (κ2) is 6.67. The van der Waals surface area contributed by atoms with E-state index in [1.54, 1.807) is 17.2 Å². The molecule has 2 fully saturated rings.